The van der Waals surface area contributed by atoms with Gasteiger partial charge in [-0.15, -0.1) is 12.4 Å². The molecule has 13 heteroatoms. The van der Waals surface area contributed by atoms with Crippen LogP contribution in [0.5, 0.6) is 11.6 Å². The first kappa shape index (κ1) is 29.9. The van der Waals surface area contributed by atoms with Crippen molar-refractivity contribution in [3.8, 4) is 22.9 Å². The number of rotatable bonds is 9. The number of nitrogens with zero attached hydrogens (tertiary/aromatic N) is 3. The Labute approximate surface area is 239 Å². The molecule has 1 atom stereocenters. The molecule has 2 aliphatic rings. The molecule has 2 fully saturated rings. The topological polar surface area (TPSA) is 118 Å². The van der Waals surface area contributed by atoms with E-state index in [4.69, 9.17) is 4.74 Å². The second-order valence-electron chi connectivity index (χ2n) is 10.0. The minimum Gasteiger partial charge on any atom is -0.435 e. The van der Waals surface area contributed by atoms with E-state index in [1.165, 1.54) is 12.3 Å². The number of anilines is 2. The second kappa shape index (κ2) is 13.5. The van der Waals surface area contributed by atoms with Gasteiger partial charge in [0.1, 0.15) is 0 Å². The van der Waals surface area contributed by atoms with E-state index in [0.29, 0.717) is 17.2 Å². The van der Waals surface area contributed by atoms with Gasteiger partial charge >= 0.3 is 0 Å². The third kappa shape index (κ3) is 7.55. The van der Waals surface area contributed by atoms with Gasteiger partial charge in [0.2, 0.25) is 27.7 Å². The highest BCUT2D eigenvalue weighted by atomic mass is 35.5. The molecule has 1 saturated heterocycles. The van der Waals surface area contributed by atoms with Crippen molar-refractivity contribution in [1.29, 1.82) is 0 Å². The fourth-order valence-electron chi connectivity index (χ4n) is 5.07. The summed E-state index contributed by atoms with van der Waals surface area (Å²) in [5.41, 5.74) is 0.495. The standard InChI is InChI=1S/C27H32F2N6O3S.ClH/c28-24-22(35-39(36,37)17-18-6-2-1-3-7-18)10-11-23(25(24)29)38-26-20(9-5-14-31-26)21-12-15-32-27(34-21)33-19-8-4-13-30-16-19;/h5,9-12,14-15,18-19,30,35H,1-4,6-8,13,16-17H2,(H,32,33,34);1H/t19-;/m0./s1. The molecule has 0 bridgehead atoms. The van der Waals surface area contributed by atoms with Crippen molar-refractivity contribution in [2.45, 2.75) is 51.0 Å². The maximum atomic E-state index is 15.0. The molecule has 3 heterocycles. The van der Waals surface area contributed by atoms with Gasteiger partial charge < -0.3 is 15.4 Å². The number of sulfonamides is 1. The molecule has 1 aliphatic heterocycles. The zero-order chi connectivity index (χ0) is 27.2. The van der Waals surface area contributed by atoms with Crippen molar-refractivity contribution in [3.63, 3.8) is 0 Å². The Kier molecular flexibility index (Phi) is 10.1. The first-order valence-electron chi connectivity index (χ1n) is 13.3. The van der Waals surface area contributed by atoms with Crippen LogP contribution in [-0.2, 0) is 10.0 Å². The summed E-state index contributed by atoms with van der Waals surface area (Å²) in [6, 6.07) is 7.60. The molecule has 0 unspecified atom stereocenters. The van der Waals surface area contributed by atoms with Gasteiger partial charge in [0.25, 0.3) is 0 Å². The minimum absolute atomic E-state index is 0. The molecule has 1 aromatic carbocycles. The molecular formula is C27H33ClF2N6O3S. The van der Waals surface area contributed by atoms with Gasteiger partial charge in [0.05, 0.1) is 22.7 Å². The third-order valence-electron chi connectivity index (χ3n) is 7.03. The summed E-state index contributed by atoms with van der Waals surface area (Å²) in [6.45, 7) is 1.80. The molecule has 0 spiro atoms. The maximum Gasteiger partial charge on any atom is 0.233 e. The SMILES string of the molecule is Cl.O=S(=O)(CC1CCCCC1)Nc1ccc(Oc2ncccc2-c2ccnc(N[C@H]3CCCNC3)n2)c(F)c1F. The zero-order valence-electron chi connectivity index (χ0n) is 21.9. The molecule has 1 aliphatic carbocycles. The number of pyridine rings is 1. The van der Waals surface area contributed by atoms with E-state index in [9.17, 15) is 12.8 Å². The monoisotopic (exact) mass is 594 g/mol. The average Bonchev–Trinajstić information content (AvgIpc) is 2.94. The minimum atomic E-state index is -3.84. The van der Waals surface area contributed by atoms with Crippen molar-refractivity contribution in [2.75, 3.05) is 28.9 Å². The Bertz CT molecular complexity index is 1400. The highest BCUT2D eigenvalue weighted by Gasteiger charge is 2.25. The number of hydrogen-bond donors (Lipinski definition) is 3. The third-order valence-corrected chi connectivity index (χ3v) is 8.47. The Balaban J connectivity index is 0.00000370. The van der Waals surface area contributed by atoms with Crippen LogP contribution >= 0.6 is 12.4 Å². The van der Waals surface area contributed by atoms with Crippen LogP contribution < -0.4 is 20.1 Å². The average molecular weight is 595 g/mol. The quantitative estimate of drug-likeness (QED) is 0.296. The normalized spacial score (nSPS) is 18.0. The molecule has 1 saturated carbocycles. The molecule has 3 aromatic rings. The Hall–Kier alpha value is -3.09. The molecule has 9 nitrogen and oxygen atoms in total. The summed E-state index contributed by atoms with van der Waals surface area (Å²) in [7, 11) is -3.84. The van der Waals surface area contributed by atoms with Crippen LogP contribution in [0.4, 0.5) is 20.4 Å². The van der Waals surface area contributed by atoms with Crippen LogP contribution in [0.25, 0.3) is 11.3 Å². The molecule has 0 radical (unpaired) electrons. The second-order valence-corrected chi connectivity index (χ2v) is 11.8. The summed E-state index contributed by atoms with van der Waals surface area (Å²) >= 11 is 0. The summed E-state index contributed by atoms with van der Waals surface area (Å²) in [5.74, 6) is -2.72. The summed E-state index contributed by atoms with van der Waals surface area (Å²) in [4.78, 5) is 13.1. The summed E-state index contributed by atoms with van der Waals surface area (Å²) < 4.78 is 63.1. The number of nitrogens with one attached hydrogen (secondary N) is 3. The van der Waals surface area contributed by atoms with Crippen LogP contribution in [0.3, 0.4) is 0 Å². The van der Waals surface area contributed by atoms with E-state index < -0.39 is 33.1 Å². The lowest BCUT2D eigenvalue weighted by atomic mass is 9.91. The van der Waals surface area contributed by atoms with Gasteiger partial charge in [-0.05, 0) is 68.5 Å². The first-order chi connectivity index (χ1) is 18.9. The van der Waals surface area contributed by atoms with Crippen molar-refractivity contribution >= 4 is 34.1 Å². The lowest BCUT2D eigenvalue weighted by Crippen LogP contribution is -2.38. The van der Waals surface area contributed by atoms with Crippen LogP contribution in [0.1, 0.15) is 44.9 Å². The largest absolute Gasteiger partial charge is 0.435 e. The van der Waals surface area contributed by atoms with Crippen molar-refractivity contribution in [2.24, 2.45) is 5.92 Å². The number of aromatic nitrogens is 3. The molecule has 216 valence electrons. The zero-order valence-corrected chi connectivity index (χ0v) is 23.5. The lowest BCUT2D eigenvalue weighted by Gasteiger charge is -2.23. The van der Waals surface area contributed by atoms with Crippen molar-refractivity contribution in [3.05, 3.63) is 54.4 Å². The first-order valence-corrected chi connectivity index (χ1v) is 15.0. The van der Waals surface area contributed by atoms with Gasteiger partial charge in [-0.2, -0.15) is 4.39 Å². The molecule has 0 amide bonds. The van der Waals surface area contributed by atoms with E-state index >= 15 is 4.39 Å². The van der Waals surface area contributed by atoms with E-state index in [1.54, 1.807) is 24.4 Å². The van der Waals surface area contributed by atoms with Gasteiger partial charge in [-0.25, -0.2) is 27.8 Å². The number of piperidine rings is 1. The van der Waals surface area contributed by atoms with E-state index in [-0.39, 0.29) is 36.0 Å². The van der Waals surface area contributed by atoms with Crippen LogP contribution in [0, 0.1) is 17.6 Å². The van der Waals surface area contributed by atoms with Gasteiger partial charge in [-0.3, -0.25) is 4.72 Å². The van der Waals surface area contributed by atoms with E-state index in [0.717, 1.165) is 64.1 Å². The number of benzene rings is 1. The smallest absolute Gasteiger partial charge is 0.233 e. The number of halogens is 3. The van der Waals surface area contributed by atoms with Gasteiger partial charge in [0, 0.05) is 25.0 Å². The molecular weight excluding hydrogens is 562 g/mol. The van der Waals surface area contributed by atoms with E-state index in [2.05, 4.69) is 30.3 Å². The number of hydrogen-bond acceptors (Lipinski definition) is 8. The maximum absolute atomic E-state index is 15.0. The fourth-order valence-corrected chi connectivity index (χ4v) is 6.60. The van der Waals surface area contributed by atoms with Crippen molar-refractivity contribution < 1.29 is 21.9 Å². The van der Waals surface area contributed by atoms with Crippen LogP contribution in [0.2, 0.25) is 0 Å². The van der Waals surface area contributed by atoms with E-state index in [1.807, 2.05) is 0 Å². The Morgan fingerprint density at radius 2 is 1.80 bits per heavy atom. The highest BCUT2D eigenvalue weighted by Crippen LogP contribution is 2.34. The molecule has 40 heavy (non-hydrogen) atoms. The fraction of sp³-hybridized carbons (Fsp3) is 0.444. The summed E-state index contributed by atoms with van der Waals surface area (Å²) in [6.07, 6.45) is 9.82. The predicted octanol–water partition coefficient (Wildman–Crippen LogP) is 5.52. The van der Waals surface area contributed by atoms with Crippen LogP contribution in [0.15, 0.2) is 42.7 Å². The predicted molar refractivity (Wildman–Crippen MR) is 152 cm³/mol. The molecule has 3 N–H and O–H groups in total. The highest BCUT2D eigenvalue weighted by molar-refractivity contribution is 7.92. The van der Waals surface area contributed by atoms with Gasteiger partial charge in [-0.1, -0.05) is 19.3 Å². The summed E-state index contributed by atoms with van der Waals surface area (Å²) in [5, 5.41) is 6.65. The molecule has 2 aromatic heterocycles. The van der Waals surface area contributed by atoms with Crippen molar-refractivity contribution in [1.82, 2.24) is 20.3 Å². The van der Waals surface area contributed by atoms with Gasteiger partial charge in [0.15, 0.2) is 11.6 Å². The lowest BCUT2D eigenvalue weighted by molar-refractivity contribution is 0.385. The Morgan fingerprint density at radius 3 is 2.58 bits per heavy atom. The Morgan fingerprint density at radius 1 is 0.975 bits per heavy atom. The van der Waals surface area contributed by atoms with Crippen LogP contribution in [-0.4, -0.2) is 48.3 Å². The number of ether oxygens (including phenoxy) is 1. The molecule has 5 rings (SSSR count).